The lowest BCUT2D eigenvalue weighted by Crippen LogP contribution is -2.31. The number of anilines is 1. The predicted octanol–water partition coefficient (Wildman–Crippen LogP) is 0.390. The van der Waals surface area contributed by atoms with E-state index in [2.05, 4.69) is 10.6 Å². The van der Waals surface area contributed by atoms with E-state index in [4.69, 9.17) is 15.6 Å². The van der Waals surface area contributed by atoms with E-state index in [1.807, 2.05) is 0 Å². The van der Waals surface area contributed by atoms with Crippen molar-refractivity contribution in [2.75, 3.05) is 19.0 Å². The largest absolute Gasteiger partial charge is 0.495 e. The number of urea groups is 1. The predicted molar refractivity (Wildman–Crippen MR) is 70.8 cm³/mol. The summed E-state index contributed by atoms with van der Waals surface area (Å²) in [5, 5.41) is 13.7. The Morgan fingerprint density at radius 2 is 2.05 bits per heavy atom. The maximum Gasteiger partial charge on any atom is 0.335 e. The number of carbonyl (C=O) groups excluding carboxylic acids is 2. The first kappa shape index (κ1) is 15.3. The number of carboxylic acids is 1. The molecule has 0 aliphatic carbocycles. The molecule has 0 atom stereocenters. The number of nitrogens with one attached hydrogen (secondary N) is 2. The number of hydrogen-bond donors (Lipinski definition) is 4. The molecule has 0 fully saturated rings. The van der Waals surface area contributed by atoms with Crippen LogP contribution in [-0.4, -0.2) is 36.7 Å². The van der Waals surface area contributed by atoms with E-state index in [9.17, 15) is 14.4 Å². The number of nitrogens with two attached hydrogens (primary N) is 1. The summed E-state index contributed by atoms with van der Waals surface area (Å²) in [4.78, 5) is 33.0. The van der Waals surface area contributed by atoms with E-state index in [1.165, 1.54) is 25.3 Å². The Bertz CT molecular complexity index is 530. The van der Waals surface area contributed by atoms with Crippen LogP contribution >= 0.6 is 0 Å². The Kier molecular flexibility index (Phi) is 5.33. The molecule has 0 aliphatic heterocycles. The molecular formula is C12H15N3O5. The summed E-state index contributed by atoms with van der Waals surface area (Å²) < 4.78 is 5.01. The summed E-state index contributed by atoms with van der Waals surface area (Å²) in [6.07, 6.45) is 0.0136. The van der Waals surface area contributed by atoms with Gasteiger partial charge in [0.1, 0.15) is 5.75 Å². The first-order valence-corrected chi connectivity index (χ1v) is 5.68. The third-order valence-electron chi connectivity index (χ3n) is 2.35. The van der Waals surface area contributed by atoms with E-state index in [0.29, 0.717) is 5.75 Å². The maximum atomic E-state index is 11.6. The molecule has 0 bridgehead atoms. The second kappa shape index (κ2) is 6.98. The van der Waals surface area contributed by atoms with Gasteiger partial charge in [-0.15, -0.1) is 0 Å². The fraction of sp³-hybridized carbons (Fsp3) is 0.250. The summed E-state index contributed by atoms with van der Waals surface area (Å²) in [6.45, 7) is 0.0854. The highest BCUT2D eigenvalue weighted by atomic mass is 16.5. The highest BCUT2D eigenvalue weighted by Crippen LogP contribution is 2.25. The molecule has 8 heteroatoms. The van der Waals surface area contributed by atoms with Gasteiger partial charge in [-0.25, -0.2) is 9.59 Å². The smallest absolute Gasteiger partial charge is 0.335 e. The number of amides is 3. The van der Waals surface area contributed by atoms with E-state index in [0.717, 1.165) is 0 Å². The van der Waals surface area contributed by atoms with Crippen LogP contribution < -0.4 is 21.1 Å². The van der Waals surface area contributed by atoms with Gasteiger partial charge >= 0.3 is 12.0 Å². The fourth-order valence-electron chi connectivity index (χ4n) is 1.40. The molecule has 20 heavy (non-hydrogen) atoms. The van der Waals surface area contributed by atoms with Gasteiger partial charge in [-0.1, -0.05) is 0 Å². The summed E-state index contributed by atoms with van der Waals surface area (Å²) in [5.41, 5.74) is 5.16. The number of carboxylic acid groups (broad SMARTS) is 1. The van der Waals surface area contributed by atoms with Crippen molar-refractivity contribution in [1.82, 2.24) is 5.32 Å². The quantitative estimate of drug-likeness (QED) is 0.599. The van der Waals surface area contributed by atoms with Crippen LogP contribution in [0.15, 0.2) is 18.2 Å². The topological polar surface area (TPSA) is 131 Å². The maximum absolute atomic E-state index is 11.6. The number of hydrogen-bond acceptors (Lipinski definition) is 4. The van der Waals surface area contributed by atoms with Gasteiger partial charge in [-0.05, 0) is 18.2 Å². The van der Waals surface area contributed by atoms with Crippen molar-refractivity contribution in [3.63, 3.8) is 0 Å². The van der Waals surface area contributed by atoms with Gasteiger partial charge in [0.05, 0.1) is 18.4 Å². The minimum absolute atomic E-state index is 0.0123. The van der Waals surface area contributed by atoms with Gasteiger partial charge in [0, 0.05) is 13.0 Å². The van der Waals surface area contributed by atoms with Crippen LogP contribution in [0.2, 0.25) is 0 Å². The Hall–Kier alpha value is -2.77. The SMILES string of the molecule is COc1ccc(C(=O)O)cc1NC(=O)NCCC(N)=O. The number of aromatic carboxylic acids is 1. The van der Waals surface area contributed by atoms with Crippen LogP contribution in [0.1, 0.15) is 16.8 Å². The third-order valence-corrected chi connectivity index (χ3v) is 2.35. The minimum atomic E-state index is -1.12. The molecule has 0 spiro atoms. The van der Waals surface area contributed by atoms with Crippen molar-refractivity contribution < 1.29 is 24.2 Å². The molecule has 8 nitrogen and oxygen atoms in total. The summed E-state index contributed by atoms with van der Waals surface area (Å²) in [7, 11) is 1.39. The summed E-state index contributed by atoms with van der Waals surface area (Å²) in [6, 6.07) is 3.47. The fourth-order valence-corrected chi connectivity index (χ4v) is 1.40. The molecule has 0 aromatic heterocycles. The van der Waals surface area contributed by atoms with E-state index < -0.39 is 17.9 Å². The van der Waals surface area contributed by atoms with Crippen LogP contribution in [0.5, 0.6) is 5.75 Å². The monoisotopic (exact) mass is 281 g/mol. The molecule has 1 aromatic carbocycles. The van der Waals surface area contributed by atoms with Crippen molar-refractivity contribution >= 4 is 23.6 Å². The average molecular weight is 281 g/mol. The van der Waals surface area contributed by atoms with Gasteiger partial charge in [0.25, 0.3) is 0 Å². The molecule has 0 saturated heterocycles. The highest BCUT2D eigenvalue weighted by Gasteiger charge is 2.11. The van der Waals surface area contributed by atoms with Crippen molar-refractivity contribution in [3.8, 4) is 5.75 Å². The van der Waals surface area contributed by atoms with Crippen molar-refractivity contribution in [2.45, 2.75) is 6.42 Å². The molecule has 1 rings (SSSR count). The molecule has 0 unspecified atom stereocenters. The van der Waals surface area contributed by atoms with Crippen LogP contribution in [0.3, 0.4) is 0 Å². The number of benzene rings is 1. The first-order chi connectivity index (χ1) is 9.43. The second-order valence-electron chi connectivity index (χ2n) is 3.82. The number of methoxy groups -OCH3 is 1. The highest BCUT2D eigenvalue weighted by molar-refractivity contribution is 5.94. The minimum Gasteiger partial charge on any atom is -0.495 e. The lowest BCUT2D eigenvalue weighted by Gasteiger charge is -2.11. The van der Waals surface area contributed by atoms with Gasteiger partial charge < -0.3 is 26.2 Å². The Morgan fingerprint density at radius 3 is 2.60 bits per heavy atom. The van der Waals surface area contributed by atoms with Crippen LogP contribution in [-0.2, 0) is 4.79 Å². The van der Waals surface area contributed by atoms with Crippen molar-refractivity contribution in [2.24, 2.45) is 5.73 Å². The molecule has 108 valence electrons. The number of carbonyl (C=O) groups is 3. The molecule has 5 N–H and O–H groups in total. The Morgan fingerprint density at radius 1 is 1.35 bits per heavy atom. The lowest BCUT2D eigenvalue weighted by molar-refractivity contribution is -0.117. The molecule has 3 amide bonds. The number of primary amides is 1. The standard InChI is InChI=1S/C12H15N3O5/c1-20-9-3-2-7(11(17)18)6-8(9)15-12(19)14-5-4-10(13)16/h2-3,6H,4-5H2,1H3,(H2,13,16)(H,17,18)(H2,14,15,19). The second-order valence-corrected chi connectivity index (χ2v) is 3.82. The van der Waals surface area contributed by atoms with Crippen molar-refractivity contribution in [1.29, 1.82) is 0 Å². The molecule has 0 aliphatic rings. The zero-order valence-electron chi connectivity index (χ0n) is 10.8. The van der Waals surface area contributed by atoms with Crippen LogP contribution in [0, 0.1) is 0 Å². The molecule has 1 aromatic rings. The number of ether oxygens (including phenoxy) is 1. The van der Waals surface area contributed by atoms with Crippen molar-refractivity contribution in [3.05, 3.63) is 23.8 Å². The Labute approximate surface area is 114 Å². The zero-order chi connectivity index (χ0) is 15.1. The molecule has 0 radical (unpaired) electrons. The Balaban J connectivity index is 2.74. The van der Waals surface area contributed by atoms with E-state index >= 15 is 0 Å². The van der Waals surface area contributed by atoms with E-state index in [1.54, 1.807) is 0 Å². The van der Waals surface area contributed by atoms with Gasteiger partial charge in [0.2, 0.25) is 5.91 Å². The summed E-state index contributed by atoms with van der Waals surface area (Å²) >= 11 is 0. The molecule has 0 heterocycles. The molecule has 0 saturated carbocycles. The third kappa shape index (κ3) is 4.48. The normalized spacial score (nSPS) is 9.65. The lowest BCUT2D eigenvalue weighted by atomic mass is 10.2. The van der Waals surface area contributed by atoms with Gasteiger partial charge in [0.15, 0.2) is 0 Å². The zero-order valence-corrected chi connectivity index (χ0v) is 10.8. The summed E-state index contributed by atoms with van der Waals surface area (Å²) in [5.74, 6) is -1.33. The van der Waals surface area contributed by atoms with Gasteiger partial charge in [-0.2, -0.15) is 0 Å². The van der Waals surface area contributed by atoms with Gasteiger partial charge in [-0.3, -0.25) is 4.79 Å². The first-order valence-electron chi connectivity index (χ1n) is 5.68. The molecular weight excluding hydrogens is 266 g/mol. The van der Waals surface area contributed by atoms with Crippen LogP contribution in [0.25, 0.3) is 0 Å². The average Bonchev–Trinajstić information content (AvgIpc) is 2.38. The van der Waals surface area contributed by atoms with E-state index in [-0.39, 0.29) is 24.2 Å². The number of rotatable bonds is 6. The van der Waals surface area contributed by atoms with Crippen LogP contribution in [0.4, 0.5) is 10.5 Å².